The molecule has 134 valence electrons. The van der Waals surface area contributed by atoms with E-state index in [9.17, 15) is 16.8 Å². The fourth-order valence-corrected chi connectivity index (χ4v) is 3.71. The summed E-state index contributed by atoms with van der Waals surface area (Å²) in [5, 5.41) is 4.71. The Bertz CT molecular complexity index is 833. The lowest BCUT2D eigenvalue weighted by Crippen LogP contribution is -2.24. The van der Waals surface area contributed by atoms with Crippen LogP contribution in [0.5, 0.6) is 5.75 Å². The van der Waals surface area contributed by atoms with Gasteiger partial charge < -0.3 is 10.5 Å². The molecule has 1 heterocycles. The first-order valence-electron chi connectivity index (χ1n) is 7.18. The molecule has 1 aromatic carbocycles. The van der Waals surface area contributed by atoms with Gasteiger partial charge in [0.25, 0.3) is 10.0 Å². The lowest BCUT2D eigenvalue weighted by Gasteiger charge is -2.18. The van der Waals surface area contributed by atoms with E-state index in [0.717, 1.165) is 0 Å². The van der Waals surface area contributed by atoms with Gasteiger partial charge in [0.1, 0.15) is 11.6 Å². The summed E-state index contributed by atoms with van der Waals surface area (Å²) < 4.78 is 57.9. The zero-order valence-corrected chi connectivity index (χ0v) is 14.5. The molecule has 24 heavy (non-hydrogen) atoms. The quantitative estimate of drug-likeness (QED) is 0.605. The van der Waals surface area contributed by atoms with E-state index in [-0.39, 0.29) is 18.2 Å². The van der Waals surface area contributed by atoms with E-state index in [1.165, 1.54) is 0 Å². The second-order valence-electron chi connectivity index (χ2n) is 5.22. The van der Waals surface area contributed by atoms with Crippen molar-refractivity contribution < 1.29 is 25.8 Å². The fraction of sp³-hybridized carbons (Fsp3) is 0.462. The van der Waals surface area contributed by atoms with E-state index in [4.69, 9.17) is 15.6 Å². The van der Waals surface area contributed by atoms with Gasteiger partial charge >= 0.3 is 10.3 Å². The van der Waals surface area contributed by atoms with E-state index < -0.39 is 20.3 Å². The smallest absolute Gasteiger partial charge is 0.333 e. The molecule has 0 aromatic heterocycles. The van der Waals surface area contributed by atoms with Crippen LogP contribution in [0.3, 0.4) is 0 Å². The van der Waals surface area contributed by atoms with Crippen molar-refractivity contribution in [1.82, 2.24) is 0 Å². The van der Waals surface area contributed by atoms with E-state index in [1.54, 1.807) is 18.2 Å². The predicted octanol–water partition coefficient (Wildman–Crippen LogP) is 0.00450. The molecule has 0 bridgehead atoms. The number of hydrogen-bond donors (Lipinski definition) is 2. The normalized spacial score (nSPS) is 16.3. The molecule has 0 aliphatic carbocycles. The maximum atomic E-state index is 11.6. The van der Waals surface area contributed by atoms with Crippen LogP contribution in [0.25, 0.3) is 0 Å². The second-order valence-corrected chi connectivity index (χ2v) is 8.07. The zero-order chi connectivity index (χ0) is 17.8. The van der Waals surface area contributed by atoms with Crippen LogP contribution >= 0.6 is 0 Å². The molecule has 9 nitrogen and oxygen atoms in total. The van der Waals surface area contributed by atoms with Crippen molar-refractivity contribution >= 4 is 26.2 Å². The SMILES string of the molecule is NC1=NS(=O)(=O)Cc2cccc(OCCCCCOS(N)(=O)=O)c21. The van der Waals surface area contributed by atoms with Gasteiger partial charge in [0.05, 0.1) is 24.5 Å². The molecule has 0 saturated heterocycles. The Morgan fingerprint density at radius 2 is 1.88 bits per heavy atom. The standard InChI is InChI=1S/C13H19N3O6S2/c14-13-12-10(9-23(17,18)16-13)5-4-6-11(12)21-7-2-1-3-8-22-24(15,19)20/h4-6H,1-3,7-9H2,(H2,14,16)(H2,15,19,20). The third-order valence-electron chi connectivity index (χ3n) is 3.24. The molecule has 0 radical (unpaired) electrons. The van der Waals surface area contributed by atoms with Crippen LogP contribution in [0.15, 0.2) is 22.6 Å². The first-order chi connectivity index (χ1) is 11.2. The summed E-state index contributed by atoms with van der Waals surface area (Å²) in [6, 6.07) is 5.07. The van der Waals surface area contributed by atoms with E-state index in [0.29, 0.717) is 42.7 Å². The molecular weight excluding hydrogens is 358 g/mol. The number of hydrogen-bond acceptors (Lipinski definition) is 7. The van der Waals surface area contributed by atoms with Crippen molar-refractivity contribution in [3.8, 4) is 5.75 Å². The zero-order valence-electron chi connectivity index (χ0n) is 12.8. The molecule has 0 saturated carbocycles. The highest BCUT2D eigenvalue weighted by molar-refractivity contribution is 7.89. The summed E-state index contributed by atoms with van der Waals surface area (Å²) >= 11 is 0. The number of nitrogens with zero attached hydrogens (tertiary/aromatic N) is 1. The number of rotatable bonds is 8. The van der Waals surface area contributed by atoms with Crippen LogP contribution in [0.2, 0.25) is 0 Å². The highest BCUT2D eigenvalue weighted by Crippen LogP contribution is 2.28. The van der Waals surface area contributed by atoms with Crippen molar-refractivity contribution in [2.75, 3.05) is 13.2 Å². The summed E-state index contributed by atoms with van der Waals surface area (Å²) in [7, 11) is -7.47. The third kappa shape index (κ3) is 5.44. The van der Waals surface area contributed by atoms with Gasteiger partial charge in [0, 0.05) is 0 Å². The molecule has 1 aliphatic heterocycles. The minimum absolute atomic E-state index is 0.0248. The van der Waals surface area contributed by atoms with Crippen LogP contribution in [0.4, 0.5) is 0 Å². The second kappa shape index (κ2) is 7.47. The molecule has 0 amide bonds. The summed E-state index contributed by atoms with van der Waals surface area (Å²) in [4.78, 5) is 0. The molecule has 0 fully saturated rings. The largest absolute Gasteiger partial charge is 0.493 e. The van der Waals surface area contributed by atoms with Crippen molar-refractivity contribution in [2.45, 2.75) is 25.0 Å². The molecule has 1 aromatic rings. The van der Waals surface area contributed by atoms with Crippen LogP contribution in [-0.2, 0) is 30.3 Å². The number of sulfonamides is 1. The highest BCUT2D eigenvalue weighted by Gasteiger charge is 2.24. The van der Waals surface area contributed by atoms with E-state index in [1.807, 2.05) is 0 Å². The topological polar surface area (TPSA) is 151 Å². The number of nitrogens with two attached hydrogens (primary N) is 2. The number of amidine groups is 1. The van der Waals surface area contributed by atoms with Gasteiger partial charge in [-0.1, -0.05) is 12.1 Å². The van der Waals surface area contributed by atoms with Crippen molar-refractivity contribution in [3.05, 3.63) is 29.3 Å². The lowest BCUT2D eigenvalue weighted by atomic mass is 10.1. The van der Waals surface area contributed by atoms with Gasteiger partial charge in [0.2, 0.25) is 0 Å². The lowest BCUT2D eigenvalue weighted by molar-refractivity contribution is 0.281. The molecule has 0 atom stereocenters. The molecule has 0 unspecified atom stereocenters. The van der Waals surface area contributed by atoms with Gasteiger partial charge in [-0.3, -0.25) is 4.18 Å². The Labute approximate surface area is 141 Å². The van der Waals surface area contributed by atoms with Crippen LogP contribution < -0.4 is 15.6 Å². The Morgan fingerprint density at radius 3 is 2.58 bits per heavy atom. The summed E-state index contributed by atoms with van der Waals surface area (Å²) in [5.41, 5.74) is 6.80. The Balaban J connectivity index is 1.87. The maximum Gasteiger partial charge on any atom is 0.333 e. The van der Waals surface area contributed by atoms with Crippen LogP contribution in [0.1, 0.15) is 30.4 Å². The number of benzene rings is 1. The van der Waals surface area contributed by atoms with Gasteiger partial charge in [-0.25, -0.2) is 13.6 Å². The van der Waals surface area contributed by atoms with Crippen molar-refractivity contribution in [2.24, 2.45) is 15.3 Å². The number of ether oxygens (including phenoxy) is 1. The molecule has 0 spiro atoms. The minimum atomic E-state index is -3.89. The minimum Gasteiger partial charge on any atom is -0.493 e. The van der Waals surface area contributed by atoms with E-state index in [2.05, 4.69) is 8.58 Å². The van der Waals surface area contributed by atoms with Gasteiger partial charge in [-0.15, -0.1) is 4.40 Å². The number of unbranched alkanes of at least 4 members (excludes halogenated alkanes) is 2. The van der Waals surface area contributed by atoms with Crippen molar-refractivity contribution in [1.29, 1.82) is 0 Å². The predicted molar refractivity (Wildman–Crippen MR) is 88.2 cm³/mol. The fourth-order valence-electron chi connectivity index (χ4n) is 2.27. The summed E-state index contributed by atoms with van der Waals surface area (Å²) in [5.74, 6) is 0.198. The molecule has 1 aliphatic rings. The van der Waals surface area contributed by atoms with Crippen LogP contribution in [0, 0.1) is 0 Å². The first kappa shape index (κ1) is 18.6. The van der Waals surface area contributed by atoms with Gasteiger partial charge in [-0.2, -0.15) is 8.42 Å². The Kier molecular flexibility index (Phi) is 5.80. The Morgan fingerprint density at radius 1 is 1.17 bits per heavy atom. The highest BCUT2D eigenvalue weighted by atomic mass is 32.2. The van der Waals surface area contributed by atoms with Gasteiger partial charge in [0.15, 0.2) is 0 Å². The van der Waals surface area contributed by atoms with Crippen molar-refractivity contribution in [3.63, 3.8) is 0 Å². The summed E-state index contributed by atoms with van der Waals surface area (Å²) in [6.45, 7) is 0.392. The Hall–Kier alpha value is -1.69. The average molecular weight is 377 g/mol. The molecule has 11 heteroatoms. The summed E-state index contributed by atoms with van der Waals surface area (Å²) in [6.07, 6.45) is 1.87. The average Bonchev–Trinajstić information content (AvgIpc) is 2.43. The molecule has 2 rings (SSSR count). The van der Waals surface area contributed by atoms with Gasteiger partial charge in [-0.05, 0) is 30.9 Å². The third-order valence-corrected chi connectivity index (χ3v) is 4.88. The molecular formula is C13H19N3O6S2. The first-order valence-corrected chi connectivity index (χ1v) is 10.3. The van der Waals surface area contributed by atoms with E-state index >= 15 is 0 Å². The van der Waals surface area contributed by atoms with Crippen LogP contribution in [-0.4, -0.2) is 35.9 Å². The monoisotopic (exact) mass is 377 g/mol. The maximum absolute atomic E-state index is 11.6. The molecule has 4 N–H and O–H groups in total. The number of fused-ring (bicyclic) bond motifs is 1.